The lowest BCUT2D eigenvalue weighted by molar-refractivity contribution is -0.144. The Morgan fingerprint density at radius 3 is 2.64 bits per heavy atom. The van der Waals surface area contributed by atoms with E-state index in [0.29, 0.717) is 50.3 Å². The van der Waals surface area contributed by atoms with Crippen molar-refractivity contribution in [1.29, 1.82) is 5.26 Å². The third-order valence-electron chi connectivity index (χ3n) is 9.10. The molecular weight excluding hydrogens is 462 g/mol. The van der Waals surface area contributed by atoms with Gasteiger partial charge in [0.2, 0.25) is 5.91 Å². The number of nitrogens with zero attached hydrogens (tertiary/aromatic N) is 5. The molecule has 1 aromatic rings. The van der Waals surface area contributed by atoms with E-state index in [9.17, 15) is 10.1 Å². The van der Waals surface area contributed by atoms with Crippen molar-refractivity contribution in [1.82, 2.24) is 19.8 Å². The molecule has 1 amide bonds. The smallest absolute Gasteiger partial charge is 0.236 e. The van der Waals surface area contributed by atoms with E-state index in [-0.39, 0.29) is 24.4 Å². The molecule has 1 aromatic heterocycles. The normalized spacial score (nSPS) is 35.9. The molecule has 6 unspecified atom stereocenters. The predicted octanol–water partition coefficient (Wildman–Crippen LogP) is 4.06. The third kappa shape index (κ3) is 4.25. The van der Waals surface area contributed by atoms with Gasteiger partial charge in [0, 0.05) is 24.1 Å². The minimum Gasteiger partial charge on any atom is -0.367 e. The van der Waals surface area contributed by atoms with Crippen molar-refractivity contribution in [2.75, 3.05) is 25.5 Å². The van der Waals surface area contributed by atoms with Crippen LogP contribution in [0.1, 0.15) is 75.4 Å². The second-order valence-electron chi connectivity index (χ2n) is 11.5. The van der Waals surface area contributed by atoms with Crippen molar-refractivity contribution in [2.45, 2.75) is 102 Å². The van der Waals surface area contributed by atoms with Gasteiger partial charge in [-0.05, 0) is 59.5 Å². The Morgan fingerprint density at radius 1 is 1.17 bits per heavy atom. The van der Waals surface area contributed by atoms with E-state index >= 15 is 8.78 Å². The van der Waals surface area contributed by atoms with Gasteiger partial charge in [0.05, 0.1) is 30.3 Å². The number of nitriles is 1. The summed E-state index contributed by atoms with van der Waals surface area (Å²) in [4.78, 5) is 27.5. The molecule has 1 saturated heterocycles. The van der Waals surface area contributed by atoms with Crippen molar-refractivity contribution >= 4 is 11.7 Å². The molecule has 7 nitrogen and oxygen atoms in total. The maximum atomic E-state index is 15.2. The molecular formula is C27H38F2N6O. The molecule has 36 heavy (non-hydrogen) atoms. The Bertz CT molecular complexity index is 1050. The number of fused-ring (bicyclic) bond motifs is 2. The number of aromatic nitrogens is 2. The number of hydrogen-bond acceptors (Lipinski definition) is 6. The van der Waals surface area contributed by atoms with Gasteiger partial charge in [0.25, 0.3) is 0 Å². The second kappa shape index (κ2) is 9.85. The van der Waals surface area contributed by atoms with Crippen LogP contribution in [0.3, 0.4) is 0 Å². The molecule has 0 radical (unpaired) electrons. The summed E-state index contributed by atoms with van der Waals surface area (Å²) in [5.74, 6) is 0.297. The number of amides is 1. The number of carbonyl (C=O) groups excluding carboxylic acids is 1. The minimum absolute atomic E-state index is 0.0148. The largest absolute Gasteiger partial charge is 0.367 e. The number of aryl methyl sites for hydroxylation is 1. The van der Waals surface area contributed by atoms with Gasteiger partial charge in [0.1, 0.15) is 29.4 Å². The van der Waals surface area contributed by atoms with Crippen LogP contribution in [0.2, 0.25) is 0 Å². The molecule has 7 atom stereocenters. The number of anilines is 1. The quantitative estimate of drug-likeness (QED) is 0.671. The van der Waals surface area contributed by atoms with Crippen LogP contribution in [0, 0.1) is 30.1 Å². The summed E-state index contributed by atoms with van der Waals surface area (Å²) < 4.78 is 30.3. The molecule has 2 saturated carbocycles. The Balaban J connectivity index is 1.53. The van der Waals surface area contributed by atoms with Crippen molar-refractivity contribution in [3.05, 3.63) is 17.1 Å². The van der Waals surface area contributed by atoms with Gasteiger partial charge in [-0.2, -0.15) is 5.26 Å². The fourth-order valence-electron chi connectivity index (χ4n) is 7.11. The first kappa shape index (κ1) is 25.3. The highest BCUT2D eigenvalue weighted by molar-refractivity contribution is 5.91. The molecule has 1 spiro atoms. The zero-order valence-corrected chi connectivity index (χ0v) is 21.6. The maximum absolute atomic E-state index is 15.2. The zero-order valence-electron chi connectivity index (χ0n) is 21.6. The molecule has 1 N–H and O–H groups in total. The van der Waals surface area contributed by atoms with E-state index in [1.807, 2.05) is 20.9 Å². The van der Waals surface area contributed by atoms with Crippen LogP contribution in [0.25, 0.3) is 0 Å². The summed E-state index contributed by atoms with van der Waals surface area (Å²) in [6, 6.07) is 1.46. The highest BCUT2D eigenvalue weighted by Crippen LogP contribution is 2.45. The number of likely N-dealkylation sites (tertiary alicyclic amines) is 1. The standard InChI is InChI=1S/C27H38F2N6O/c1-16(19-8-6-7-18(13-30)23(19)29)31-25-20-14-35(22-10-5-4-9-21(22)28)26(36)27(11-12-34(3)15-27)24(20)32-17(2)33-25/h16,18-19,21-23H,4-12,14-15H2,1-3H3,(H,31,32,33)/t16-,18?,19?,21?,22?,23?,27?/m0/s1. The third-order valence-corrected chi connectivity index (χ3v) is 9.10. The van der Waals surface area contributed by atoms with Crippen LogP contribution < -0.4 is 5.32 Å². The van der Waals surface area contributed by atoms with Gasteiger partial charge in [-0.1, -0.05) is 19.3 Å². The molecule has 3 heterocycles. The summed E-state index contributed by atoms with van der Waals surface area (Å²) in [5, 5.41) is 12.9. The van der Waals surface area contributed by atoms with Gasteiger partial charge in [-0.15, -0.1) is 0 Å². The summed E-state index contributed by atoms with van der Waals surface area (Å²) >= 11 is 0. The van der Waals surface area contributed by atoms with Gasteiger partial charge in [0.15, 0.2) is 0 Å². The molecule has 3 fully saturated rings. The number of halogens is 2. The monoisotopic (exact) mass is 500 g/mol. The van der Waals surface area contributed by atoms with Crippen LogP contribution in [-0.4, -0.2) is 70.2 Å². The molecule has 196 valence electrons. The lowest BCUT2D eigenvalue weighted by Gasteiger charge is -2.46. The summed E-state index contributed by atoms with van der Waals surface area (Å²) in [6.07, 6.45) is 3.49. The average Bonchev–Trinajstić information content (AvgIpc) is 3.25. The first-order chi connectivity index (χ1) is 17.2. The lowest BCUT2D eigenvalue weighted by atomic mass is 9.75. The van der Waals surface area contributed by atoms with Crippen molar-refractivity contribution < 1.29 is 13.6 Å². The number of carbonyl (C=O) groups is 1. The van der Waals surface area contributed by atoms with Crippen molar-refractivity contribution in [3.8, 4) is 6.07 Å². The molecule has 0 aromatic carbocycles. The van der Waals surface area contributed by atoms with Gasteiger partial charge < -0.3 is 15.1 Å². The van der Waals surface area contributed by atoms with E-state index in [4.69, 9.17) is 9.97 Å². The fraction of sp³-hybridized carbons (Fsp3) is 0.778. The Kier molecular flexibility index (Phi) is 6.92. The Hall–Kier alpha value is -2.34. The van der Waals surface area contributed by atoms with Crippen LogP contribution in [-0.2, 0) is 16.8 Å². The molecule has 5 rings (SSSR count). The molecule has 0 bridgehead atoms. The predicted molar refractivity (Wildman–Crippen MR) is 133 cm³/mol. The minimum atomic E-state index is -1.19. The first-order valence-corrected chi connectivity index (χ1v) is 13.6. The van der Waals surface area contributed by atoms with E-state index < -0.39 is 29.7 Å². The molecule has 2 aliphatic heterocycles. The van der Waals surface area contributed by atoms with E-state index in [0.717, 1.165) is 37.1 Å². The molecule has 9 heteroatoms. The topological polar surface area (TPSA) is 85.1 Å². The van der Waals surface area contributed by atoms with Crippen LogP contribution in [0.5, 0.6) is 0 Å². The first-order valence-electron chi connectivity index (χ1n) is 13.6. The number of alkyl halides is 2. The van der Waals surface area contributed by atoms with E-state index in [1.165, 1.54) is 0 Å². The van der Waals surface area contributed by atoms with Crippen molar-refractivity contribution in [2.24, 2.45) is 11.8 Å². The van der Waals surface area contributed by atoms with Gasteiger partial charge >= 0.3 is 0 Å². The van der Waals surface area contributed by atoms with Crippen LogP contribution >= 0.6 is 0 Å². The Labute approximate surface area is 212 Å². The van der Waals surface area contributed by atoms with E-state index in [1.54, 1.807) is 4.90 Å². The summed E-state index contributed by atoms with van der Waals surface area (Å²) in [6.45, 7) is 5.35. The zero-order chi connectivity index (χ0) is 25.6. The number of rotatable bonds is 4. The summed E-state index contributed by atoms with van der Waals surface area (Å²) in [7, 11) is 2.00. The SMILES string of the molecule is Cc1nc(N[C@@H](C)C2CCCC(C#N)C2F)c2c(n1)C1(CCN(C)C1)C(=O)N(C1CCCCC1F)C2. The van der Waals surface area contributed by atoms with E-state index in [2.05, 4.69) is 16.3 Å². The van der Waals surface area contributed by atoms with Crippen LogP contribution in [0.15, 0.2) is 0 Å². The molecule has 2 aliphatic carbocycles. The fourth-order valence-corrected chi connectivity index (χ4v) is 7.11. The van der Waals surface area contributed by atoms with Crippen LogP contribution in [0.4, 0.5) is 14.6 Å². The lowest BCUT2D eigenvalue weighted by Crippen LogP contribution is -2.58. The Morgan fingerprint density at radius 2 is 1.94 bits per heavy atom. The number of nitrogens with one attached hydrogen (secondary N) is 1. The molecule has 4 aliphatic rings. The highest BCUT2D eigenvalue weighted by Gasteiger charge is 2.55. The van der Waals surface area contributed by atoms with Gasteiger partial charge in [-0.3, -0.25) is 4.79 Å². The highest BCUT2D eigenvalue weighted by atomic mass is 19.1. The maximum Gasteiger partial charge on any atom is 0.236 e. The number of hydrogen-bond donors (Lipinski definition) is 1. The average molecular weight is 501 g/mol. The second-order valence-corrected chi connectivity index (χ2v) is 11.5. The van der Waals surface area contributed by atoms with Gasteiger partial charge in [-0.25, -0.2) is 18.7 Å². The summed E-state index contributed by atoms with van der Waals surface area (Å²) in [5.41, 5.74) is 0.770. The number of likely N-dealkylation sites (N-methyl/N-ethyl adjacent to an activating group) is 1. The van der Waals surface area contributed by atoms with Crippen molar-refractivity contribution in [3.63, 3.8) is 0 Å².